The summed E-state index contributed by atoms with van der Waals surface area (Å²) in [5, 5.41) is 4.15. The van der Waals surface area contributed by atoms with Crippen LogP contribution in [0.1, 0.15) is 29.3 Å². The van der Waals surface area contributed by atoms with E-state index in [0.717, 1.165) is 13.0 Å². The van der Waals surface area contributed by atoms with Crippen LogP contribution >= 0.6 is 0 Å². The molecule has 5 heteroatoms. The SMILES string of the molecule is CCCn1cc(C(=O)c2cccc(OC)c2N)cn1. The molecule has 5 nitrogen and oxygen atoms in total. The number of methoxy groups -OCH3 is 1. The van der Waals surface area contributed by atoms with E-state index in [1.807, 2.05) is 0 Å². The normalized spacial score (nSPS) is 10.4. The average Bonchev–Trinajstić information content (AvgIpc) is 2.87. The van der Waals surface area contributed by atoms with Crippen LogP contribution < -0.4 is 10.5 Å². The lowest BCUT2D eigenvalue weighted by Gasteiger charge is -2.08. The van der Waals surface area contributed by atoms with Gasteiger partial charge in [0.1, 0.15) is 5.75 Å². The van der Waals surface area contributed by atoms with Gasteiger partial charge in [-0.25, -0.2) is 0 Å². The highest BCUT2D eigenvalue weighted by molar-refractivity contribution is 6.12. The zero-order valence-electron chi connectivity index (χ0n) is 11.1. The first-order chi connectivity index (χ1) is 9.17. The maximum absolute atomic E-state index is 12.4. The second-order valence-electron chi connectivity index (χ2n) is 4.24. The minimum Gasteiger partial charge on any atom is -0.495 e. The molecule has 1 heterocycles. The first kappa shape index (κ1) is 13.1. The summed E-state index contributed by atoms with van der Waals surface area (Å²) in [6.45, 7) is 2.85. The van der Waals surface area contributed by atoms with Crippen molar-refractivity contribution in [1.82, 2.24) is 9.78 Å². The van der Waals surface area contributed by atoms with Crippen molar-refractivity contribution in [2.75, 3.05) is 12.8 Å². The number of ketones is 1. The lowest BCUT2D eigenvalue weighted by atomic mass is 10.0. The molecule has 1 aromatic carbocycles. The highest BCUT2D eigenvalue weighted by atomic mass is 16.5. The number of benzene rings is 1. The maximum Gasteiger partial charge on any atom is 0.198 e. The van der Waals surface area contributed by atoms with Gasteiger partial charge in [0, 0.05) is 18.3 Å². The van der Waals surface area contributed by atoms with Crippen LogP contribution in [-0.4, -0.2) is 22.7 Å². The van der Waals surface area contributed by atoms with E-state index in [1.165, 1.54) is 7.11 Å². The van der Waals surface area contributed by atoms with Crippen LogP contribution in [0.25, 0.3) is 0 Å². The monoisotopic (exact) mass is 259 g/mol. The van der Waals surface area contributed by atoms with Gasteiger partial charge in [-0.2, -0.15) is 5.10 Å². The Kier molecular flexibility index (Phi) is 3.85. The van der Waals surface area contributed by atoms with Gasteiger partial charge in [0.25, 0.3) is 0 Å². The van der Waals surface area contributed by atoms with Gasteiger partial charge in [-0.05, 0) is 18.6 Å². The van der Waals surface area contributed by atoms with Gasteiger partial charge in [0.15, 0.2) is 5.78 Å². The summed E-state index contributed by atoms with van der Waals surface area (Å²) >= 11 is 0. The van der Waals surface area contributed by atoms with Crippen molar-refractivity contribution < 1.29 is 9.53 Å². The predicted molar refractivity (Wildman–Crippen MR) is 73.4 cm³/mol. The Labute approximate surface area is 112 Å². The topological polar surface area (TPSA) is 70.1 Å². The molecular formula is C14H17N3O2. The molecule has 0 aliphatic carbocycles. The van der Waals surface area contributed by atoms with E-state index in [0.29, 0.717) is 22.6 Å². The van der Waals surface area contributed by atoms with Crippen molar-refractivity contribution in [2.24, 2.45) is 0 Å². The summed E-state index contributed by atoms with van der Waals surface area (Å²) in [5.41, 5.74) is 7.26. The van der Waals surface area contributed by atoms with Crippen LogP contribution in [0.3, 0.4) is 0 Å². The van der Waals surface area contributed by atoms with Crippen molar-refractivity contribution in [3.63, 3.8) is 0 Å². The number of ether oxygens (including phenoxy) is 1. The minimum atomic E-state index is -0.140. The molecular weight excluding hydrogens is 242 g/mol. The molecule has 0 radical (unpaired) electrons. The first-order valence-electron chi connectivity index (χ1n) is 6.17. The van der Waals surface area contributed by atoms with E-state index in [1.54, 1.807) is 35.3 Å². The van der Waals surface area contributed by atoms with Gasteiger partial charge in [-0.3, -0.25) is 9.48 Å². The summed E-state index contributed by atoms with van der Waals surface area (Å²) in [4.78, 5) is 12.4. The fraction of sp³-hybridized carbons (Fsp3) is 0.286. The van der Waals surface area contributed by atoms with Crippen LogP contribution in [0.5, 0.6) is 5.75 Å². The number of hydrogen-bond donors (Lipinski definition) is 1. The molecule has 2 rings (SSSR count). The maximum atomic E-state index is 12.4. The third-order valence-electron chi connectivity index (χ3n) is 2.88. The molecule has 0 atom stereocenters. The molecule has 0 saturated heterocycles. The minimum absolute atomic E-state index is 0.140. The van der Waals surface area contributed by atoms with Crippen molar-refractivity contribution in [3.05, 3.63) is 41.7 Å². The first-order valence-corrected chi connectivity index (χ1v) is 6.17. The van der Waals surface area contributed by atoms with E-state index < -0.39 is 0 Å². The Hall–Kier alpha value is -2.30. The molecule has 0 aliphatic heterocycles. The van der Waals surface area contributed by atoms with Crippen molar-refractivity contribution in [2.45, 2.75) is 19.9 Å². The van der Waals surface area contributed by atoms with Gasteiger partial charge in [-0.15, -0.1) is 0 Å². The molecule has 100 valence electrons. The second-order valence-corrected chi connectivity index (χ2v) is 4.24. The fourth-order valence-corrected chi connectivity index (χ4v) is 1.91. The van der Waals surface area contributed by atoms with Gasteiger partial charge in [-0.1, -0.05) is 13.0 Å². The van der Waals surface area contributed by atoms with Crippen LogP contribution in [0, 0.1) is 0 Å². The molecule has 0 bridgehead atoms. The third kappa shape index (κ3) is 2.59. The van der Waals surface area contributed by atoms with E-state index in [-0.39, 0.29) is 5.78 Å². The number of nitrogens with two attached hydrogens (primary N) is 1. The Morgan fingerprint density at radius 2 is 2.26 bits per heavy atom. The average molecular weight is 259 g/mol. The summed E-state index contributed by atoms with van der Waals surface area (Å²) in [5.74, 6) is 0.366. The predicted octanol–water partition coefficient (Wildman–Crippen LogP) is 2.11. The van der Waals surface area contributed by atoms with Crippen molar-refractivity contribution in [3.8, 4) is 5.75 Å². The fourth-order valence-electron chi connectivity index (χ4n) is 1.91. The number of nitrogen functional groups attached to an aromatic ring is 1. The molecule has 0 unspecified atom stereocenters. The van der Waals surface area contributed by atoms with E-state index in [2.05, 4.69) is 12.0 Å². The van der Waals surface area contributed by atoms with Gasteiger partial charge < -0.3 is 10.5 Å². The smallest absolute Gasteiger partial charge is 0.198 e. The zero-order valence-corrected chi connectivity index (χ0v) is 11.1. The molecule has 19 heavy (non-hydrogen) atoms. The zero-order chi connectivity index (χ0) is 13.8. The number of carbonyl (C=O) groups is 1. The van der Waals surface area contributed by atoms with Crippen LogP contribution in [0.2, 0.25) is 0 Å². The molecule has 1 aromatic heterocycles. The lowest BCUT2D eigenvalue weighted by Crippen LogP contribution is -2.06. The second kappa shape index (κ2) is 5.56. The number of carbonyl (C=O) groups excluding carboxylic acids is 1. The number of nitrogens with zero attached hydrogens (tertiary/aromatic N) is 2. The molecule has 2 N–H and O–H groups in total. The Balaban J connectivity index is 2.33. The molecule has 2 aromatic rings. The van der Waals surface area contributed by atoms with Gasteiger partial charge in [0.05, 0.1) is 24.6 Å². The van der Waals surface area contributed by atoms with Crippen molar-refractivity contribution >= 4 is 11.5 Å². The van der Waals surface area contributed by atoms with E-state index in [9.17, 15) is 4.79 Å². The Morgan fingerprint density at radius 3 is 2.95 bits per heavy atom. The third-order valence-corrected chi connectivity index (χ3v) is 2.88. The van der Waals surface area contributed by atoms with Gasteiger partial charge >= 0.3 is 0 Å². The molecule has 0 spiro atoms. The molecule has 0 fully saturated rings. The number of aryl methyl sites for hydroxylation is 1. The number of aromatic nitrogens is 2. The number of hydrogen-bond acceptors (Lipinski definition) is 4. The largest absolute Gasteiger partial charge is 0.495 e. The highest BCUT2D eigenvalue weighted by Gasteiger charge is 2.16. The van der Waals surface area contributed by atoms with Crippen molar-refractivity contribution in [1.29, 1.82) is 0 Å². The number of para-hydroxylation sites is 1. The van der Waals surface area contributed by atoms with Crippen LogP contribution in [0.15, 0.2) is 30.6 Å². The molecule has 0 amide bonds. The Morgan fingerprint density at radius 1 is 1.47 bits per heavy atom. The summed E-state index contributed by atoms with van der Waals surface area (Å²) in [6, 6.07) is 5.17. The standard InChI is InChI=1S/C14H17N3O2/c1-3-7-17-9-10(8-16-17)14(18)11-5-4-6-12(19-2)13(11)15/h4-6,8-9H,3,7,15H2,1-2H3. The summed E-state index contributed by atoms with van der Waals surface area (Å²) in [6.07, 6.45) is 4.28. The lowest BCUT2D eigenvalue weighted by molar-refractivity contribution is 0.103. The van der Waals surface area contributed by atoms with E-state index in [4.69, 9.17) is 10.5 Å². The van der Waals surface area contributed by atoms with Crippen LogP contribution in [0.4, 0.5) is 5.69 Å². The molecule has 0 saturated carbocycles. The summed E-state index contributed by atoms with van der Waals surface area (Å²) in [7, 11) is 1.53. The summed E-state index contributed by atoms with van der Waals surface area (Å²) < 4.78 is 6.87. The van der Waals surface area contributed by atoms with E-state index >= 15 is 0 Å². The van der Waals surface area contributed by atoms with Gasteiger partial charge in [0.2, 0.25) is 0 Å². The number of rotatable bonds is 5. The quantitative estimate of drug-likeness (QED) is 0.659. The van der Waals surface area contributed by atoms with Crippen LogP contribution in [-0.2, 0) is 6.54 Å². The number of anilines is 1. The highest BCUT2D eigenvalue weighted by Crippen LogP contribution is 2.26. The Bertz CT molecular complexity index is 590. The molecule has 0 aliphatic rings.